The van der Waals surface area contributed by atoms with Crippen LogP contribution in [0.15, 0.2) is 18.2 Å². The molecule has 1 N–H and O–H groups in total. The lowest BCUT2D eigenvalue weighted by Crippen LogP contribution is -2.37. The Morgan fingerprint density at radius 2 is 1.85 bits per heavy atom. The zero-order chi connectivity index (χ0) is 13.8. The first-order chi connectivity index (χ1) is 9.86. The Morgan fingerprint density at radius 1 is 1.05 bits per heavy atom. The minimum atomic E-state index is 0.305. The molecule has 4 nitrogen and oxygen atoms in total. The van der Waals surface area contributed by atoms with Gasteiger partial charge in [0.2, 0.25) is 0 Å². The number of ether oxygens (including phenoxy) is 3. The standard InChI is InChI=1S/C16H23NO3/c1-18-14-6-3-2-5-13(14)17-12-7-8-15-16(11-12)20-10-4-9-19-15/h7-8,11,13-14,17H,2-6,9-10H2,1H3. The Bertz CT molecular complexity index is 449. The Labute approximate surface area is 120 Å². The first kappa shape index (κ1) is 13.6. The summed E-state index contributed by atoms with van der Waals surface area (Å²) >= 11 is 0. The molecule has 1 fully saturated rings. The topological polar surface area (TPSA) is 39.7 Å². The fraction of sp³-hybridized carbons (Fsp3) is 0.625. The lowest BCUT2D eigenvalue weighted by Gasteiger charge is -2.32. The van der Waals surface area contributed by atoms with E-state index in [4.69, 9.17) is 14.2 Å². The smallest absolute Gasteiger partial charge is 0.163 e. The van der Waals surface area contributed by atoms with Crippen LogP contribution >= 0.6 is 0 Å². The van der Waals surface area contributed by atoms with E-state index in [2.05, 4.69) is 11.4 Å². The molecule has 0 amide bonds. The van der Waals surface area contributed by atoms with Crippen LogP contribution in [-0.4, -0.2) is 32.5 Å². The molecule has 2 unspecified atom stereocenters. The second-order valence-electron chi connectivity index (χ2n) is 5.52. The molecule has 20 heavy (non-hydrogen) atoms. The highest BCUT2D eigenvalue weighted by molar-refractivity contribution is 5.55. The van der Waals surface area contributed by atoms with Gasteiger partial charge in [-0.15, -0.1) is 0 Å². The van der Waals surface area contributed by atoms with E-state index in [1.807, 2.05) is 12.1 Å². The predicted octanol–water partition coefficient (Wildman–Crippen LogP) is 3.22. The Hall–Kier alpha value is -1.42. The van der Waals surface area contributed by atoms with Crippen LogP contribution in [0.2, 0.25) is 0 Å². The maximum atomic E-state index is 5.74. The van der Waals surface area contributed by atoms with Gasteiger partial charge < -0.3 is 19.5 Å². The normalized spacial score (nSPS) is 25.9. The van der Waals surface area contributed by atoms with E-state index in [0.717, 1.165) is 49.7 Å². The summed E-state index contributed by atoms with van der Waals surface area (Å²) in [5, 5.41) is 3.59. The SMILES string of the molecule is COC1CCCCC1Nc1ccc2c(c1)OCCCO2. The van der Waals surface area contributed by atoms with Crippen molar-refractivity contribution in [3.63, 3.8) is 0 Å². The minimum absolute atomic E-state index is 0.305. The summed E-state index contributed by atoms with van der Waals surface area (Å²) in [4.78, 5) is 0. The number of anilines is 1. The van der Waals surface area contributed by atoms with Crippen molar-refractivity contribution in [2.24, 2.45) is 0 Å². The van der Waals surface area contributed by atoms with Crippen LogP contribution in [0.4, 0.5) is 5.69 Å². The molecule has 1 aromatic carbocycles. The predicted molar refractivity (Wildman–Crippen MR) is 78.7 cm³/mol. The van der Waals surface area contributed by atoms with Crippen molar-refractivity contribution >= 4 is 5.69 Å². The third kappa shape index (κ3) is 3.01. The molecule has 2 atom stereocenters. The van der Waals surface area contributed by atoms with Gasteiger partial charge in [0.25, 0.3) is 0 Å². The van der Waals surface area contributed by atoms with Crippen molar-refractivity contribution in [1.82, 2.24) is 0 Å². The molecule has 3 rings (SSSR count). The molecule has 1 aliphatic heterocycles. The second kappa shape index (κ2) is 6.35. The molecule has 0 saturated heterocycles. The number of nitrogens with one attached hydrogen (secondary N) is 1. The van der Waals surface area contributed by atoms with Gasteiger partial charge in [0.15, 0.2) is 11.5 Å². The number of fused-ring (bicyclic) bond motifs is 1. The van der Waals surface area contributed by atoms with E-state index in [-0.39, 0.29) is 0 Å². The number of rotatable bonds is 3. The van der Waals surface area contributed by atoms with Crippen molar-refractivity contribution in [3.05, 3.63) is 18.2 Å². The maximum absolute atomic E-state index is 5.74. The Morgan fingerprint density at radius 3 is 2.70 bits per heavy atom. The van der Waals surface area contributed by atoms with Crippen molar-refractivity contribution in [2.75, 3.05) is 25.6 Å². The highest BCUT2D eigenvalue weighted by atomic mass is 16.5. The van der Waals surface area contributed by atoms with E-state index in [1.54, 1.807) is 7.11 Å². The Kier molecular flexibility index (Phi) is 4.31. The molecule has 0 bridgehead atoms. The van der Waals surface area contributed by atoms with Gasteiger partial charge in [-0.1, -0.05) is 12.8 Å². The molecular weight excluding hydrogens is 254 g/mol. The molecule has 0 aromatic heterocycles. The highest BCUT2D eigenvalue weighted by Gasteiger charge is 2.25. The van der Waals surface area contributed by atoms with Crippen LogP contribution in [-0.2, 0) is 4.74 Å². The number of hydrogen-bond donors (Lipinski definition) is 1. The fourth-order valence-electron chi connectivity index (χ4n) is 3.01. The highest BCUT2D eigenvalue weighted by Crippen LogP contribution is 2.33. The Balaban J connectivity index is 1.72. The third-order valence-electron chi connectivity index (χ3n) is 4.10. The van der Waals surface area contributed by atoms with E-state index < -0.39 is 0 Å². The third-order valence-corrected chi connectivity index (χ3v) is 4.10. The summed E-state index contributed by atoms with van der Waals surface area (Å²) < 4.78 is 17.0. The summed E-state index contributed by atoms with van der Waals surface area (Å²) in [6.07, 6.45) is 6.07. The van der Waals surface area contributed by atoms with Gasteiger partial charge in [0.05, 0.1) is 25.4 Å². The number of hydrogen-bond acceptors (Lipinski definition) is 4. The zero-order valence-corrected chi connectivity index (χ0v) is 12.1. The molecule has 1 aliphatic carbocycles. The van der Waals surface area contributed by atoms with Gasteiger partial charge in [-0.2, -0.15) is 0 Å². The first-order valence-corrected chi connectivity index (χ1v) is 7.56. The van der Waals surface area contributed by atoms with Crippen molar-refractivity contribution in [1.29, 1.82) is 0 Å². The van der Waals surface area contributed by atoms with Gasteiger partial charge >= 0.3 is 0 Å². The van der Waals surface area contributed by atoms with Crippen LogP contribution in [0.5, 0.6) is 11.5 Å². The van der Waals surface area contributed by atoms with Gasteiger partial charge in [-0.25, -0.2) is 0 Å². The van der Waals surface area contributed by atoms with Crippen molar-refractivity contribution in [3.8, 4) is 11.5 Å². The van der Waals surface area contributed by atoms with Gasteiger partial charge in [0.1, 0.15) is 0 Å². The van der Waals surface area contributed by atoms with E-state index in [1.165, 1.54) is 12.8 Å². The molecule has 110 valence electrons. The molecule has 0 spiro atoms. The lowest BCUT2D eigenvalue weighted by molar-refractivity contribution is 0.0606. The van der Waals surface area contributed by atoms with E-state index in [9.17, 15) is 0 Å². The van der Waals surface area contributed by atoms with Gasteiger partial charge in [0, 0.05) is 25.3 Å². The molecule has 2 aliphatic rings. The zero-order valence-electron chi connectivity index (χ0n) is 12.1. The van der Waals surface area contributed by atoms with Crippen LogP contribution in [0.25, 0.3) is 0 Å². The maximum Gasteiger partial charge on any atom is 0.163 e. The van der Waals surface area contributed by atoms with E-state index in [0.29, 0.717) is 12.1 Å². The van der Waals surface area contributed by atoms with Crippen LogP contribution < -0.4 is 14.8 Å². The van der Waals surface area contributed by atoms with Crippen LogP contribution in [0.1, 0.15) is 32.1 Å². The average Bonchev–Trinajstić information content (AvgIpc) is 2.72. The lowest BCUT2D eigenvalue weighted by atomic mass is 9.92. The second-order valence-corrected chi connectivity index (χ2v) is 5.52. The van der Waals surface area contributed by atoms with Gasteiger partial charge in [-0.3, -0.25) is 0 Å². The van der Waals surface area contributed by atoms with Crippen LogP contribution in [0, 0.1) is 0 Å². The molecule has 1 aromatic rings. The molecular formula is C16H23NO3. The largest absolute Gasteiger partial charge is 0.490 e. The van der Waals surface area contributed by atoms with E-state index >= 15 is 0 Å². The quantitative estimate of drug-likeness (QED) is 0.921. The molecule has 1 saturated carbocycles. The summed E-state index contributed by atoms with van der Waals surface area (Å²) in [6, 6.07) is 6.49. The van der Waals surface area contributed by atoms with Crippen LogP contribution in [0.3, 0.4) is 0 Å². The molecule has 4 heteroatoms. The molecule has 1 heterocycles. The van der Waals surface area contributed by atoms with Gasteiger partial charge in [-0.05, 0) is 25.0 Å². The summed E-state index contributed by atoms with van der Waals surface area (Å²) in [7, 11) is 1.80. The summed E-state index contributed by atoms with van der Waals surface area (Å²) in [5.41, 5.74) is 1.09. The molecule has 0 radical (unpaired) electrons. The summed E-state index contributed by atoms with van der Waals surface area (Å²) in [6.45, 7) is 1.45. The number of methoxy groups -OCH3 is 1. The minimum Gasteiger partial charge on any atom is -0.490 e. The van der Waals surface area contributed by atoms with Crippen molar-refractivity contribution in [2.45, 2.75) is 44.2 Å². The van der Waals surface area contributed by atoms with Crippen molar-refractivity contribution < 1.29 is 14.2 Å². The summed E-state index contributed by atoms with van der Waals surface area (Å²) in [5.74, 6) is 1.69. The number of benzene rings is 1. The fourth-order valence-corrected chi connectivity index (χ4v) is 3.01. The average molecular weight is 277 g/mol. The first-order valence-electron chi connectivity index (χ1n) is 7.56. The monoisotopic (exact) mass is 277 g/mol.